The second-order valence-corrected chi connectivity index (χ2v) is 4.96. The van der Waals surface area contributed by atoms with Crippen molar-refractivity contribution in [1.29, 1.82) is 0 Å². The van der Waals surface area contributed by atoms with Crippen molar-refractivity contribution in [2.45, 2.75) is 38.3 Å². The normalized spacial score (nSPS) is 22.1. The topological polar surface area (TPSA) is 71.3 Å². The number of aromatic nitrogens is 1. The fourth-order valence-corrected chi connectivity index (χ4v) is 2.52. The predicted molar refractivity (Wildman–Crippen MR) is 66.7 cm³/mol. The number of nitrogens with zero attached hydrogens (tertiary/aromatic N) is 1. The summed E-state index contributed by atoms with van der Waals surface area (Å²) >= 11 is 0. The third kappa shape index (κ3) is 3.34. The lowest BCUT2D eigenvalue weighted by Crippen LogP contribution is -2.34. The molecule has 0 spiro atoms. The van der Waals surface area contributed by atoms with Crippen LogP contribution in [0.5, 0.6) is 0 Å². The minimum absolute atomic E-state index is 0.170. The summed E-state index contributed by atoms with van der Waals surface area (Å²) < 4.78 is 25.9. The Morgan fingerprint density at radius 3 is 2.80 bits per heavy atom. The van der Waals surface area contributed by atoms with Gasteiger partial charge in [-0.25, -0.2) is 8.78 Å². The maximum absolute atomic E-state index is 12.4. The number of amides is 1. The van der Waals surface area contributed by atoms with E-state index in [0.717, 1.165) is 0 Å². The van der Waals surface area contributed by atoms with E-state index in [9.17, 15) is 18.4 Å². The summed E-state index contributed by atoms with van der Waals surface area (Å²) in [4.78, 5) is 22.9. The lowest BCUT2D eigenvalue weighted by molar-refractivity contribution is -0.141. The standard InChI is InChI=1S/C13H16F2N2O3/c14-11(15)7-17-5-1-2-10(17)12(18)16-9-4-3-8(6-9)13(19)20/h1-2,5,8-9,11H,3-4,6-7H2,(H,16,18)(H,19,20). The van der Waals surface area contributed by atoms with Crippen LogP contribution < -0.4 is 5.32 Å². The molecule has 0 radical (unpaired) electrons. The van der Waals surface area contributed by atoms with E-state index in [1.165, 1.54) is 22.9 Å². The highest BCUT2D eigenvalue weighted by molar-refractivity contribution is 5.93. The zero-order valence-electron chi connectivity index (χ0n) is 10.8. The Hall–Kier alpha value is -1.92. The van der Waals surface area contributed by atoms with Crippen LogP contribution in [0.1, 0.15) is 29.8 Å². The van der Waals surface area contributed by atoms with Gasteiger partial charge in [-0.3, -0.25) is 9.59 Å². The van der Waals surface area contributed by atoms with Gasteiger partial charge in [0.05, 0.1) is 12.5 Å². The van der Waals surface area contributed by atoms with Gasteiger partial charge < -0.3 is 15.0 Å². The number of halogens is 2. The number of rotatable bonds is 5. The average Bonchev–Trinajstić information content (AvgIpc) is 2.97. The Morgan fingerprint density at radius 2 is 2.20 bits per heavy atom. The zero-order valence-corrected chi connectivity index (χ0v) is 10.8. The minimum Gasteiger partial charge on any atom is -0.481 e. The van der Waals surface area contributed by atoms with Crippen LogP contribution in [0.25, 0.3) is 0 Å². The Morgan fingerprint density at radius 1 is 1.45 bits per heavy atom. The smallest absolute Gasteiger partial charge is 0.306 e. The molecule has 0 bridgehead atoms. The molecule has 20 heavy (non-hydrogen) atoms. The molecule has 5 nitrogen and oxygen atoms in total. The van der Waals surface area contributed by atoms with E-state index in [1.807, 2.05) is 0 Å². The maximum atomic E-state index is 12.4. The fraction of sp³-hybridized carbons (Fsp3) is 0.538. The second kappa shape index (κ2) is 6.02. The van der Waals surface area contributed by atoms with Crippen LogP contribution in [0.3, 0.4) is 0 Å². The summed E-state index contributed by atoms with van der Waals surface area (Å²) in [6, 6.07) is 2.80. The first-order valence-electron chi connectivity index (χ1n) is 6.44. The molecule has 1 saturated carbocycles. The Kier molecular flexibility index (Phi) is 4.36. The molecule has 1 aliphatic carbocycles. The summed E-state index contributed by atoms with van der Waals surface area (Å²) in [5, 5.41) is 11.6. The van der Waals surface area contributed by atoms with Gasteiger partial charge in [-0.1, -0.05) is 0 Å². The van der Waals surface area contributed by atoms with Crippen molar-refractivity contribution >= 4 is 11.9 Å². The third-order valence-electron chi connectivity index (χ3n) is 3.51. The molecule has 110 valence electrons. The molecule has 0 saturated heterocycles. The van der Waals surface area contributed by atoms with Crippen molar-refractivity contribution in [2.75, 3.05) is 0 Å². The second-order valence-electron chi connectivity index (χ2n) is 4.96. The number of aliphatic carboxylic acids is 1. The molecule has 2 unspecified atom stereocenters. The molecule has 1 fully saturated rings. The summed E-state index contributed by atoms with van der Waals surface area (Å²) in [6.45, 7) is -0.530. The quantitative estimate of drug-likeness (QED) is 0.866. The molecule has 1 aromatic heterocycles. The van der Waals surface area contributed by atoms with Gasteiger partial charge in [-0.2, -0.15) is 0 Å². The molecule has 1 amide bonds. The third-order valence-corrected chi connectivity index (χ3v) is 3.51. The van der Waals surface area contributed by atoms with Crippen LogP contribution in [-0.4, -0.2) is 34.0 Å². The number of hydrogen-bond acceptors (Lipinski definition) is 2. The van der Waals surface area contributed by atoms with Gasteiger partial charge in [-0.15, -0.1) is 0 Å². The van der Waals surface area contributed by atoms with Gasteiger partial charge in [0.2, 0.25) is 0 Å². The van der Waals surface area contributed by atoms with Gasteiger partial charge in [0, 0.05) is 12.2 Å². The lowest BCUT2D eigenvalue weighted by atomic mass is 10.1. The van der Waals surface area contributed by atoms with Crippen molar-refractivity contribution in [3.63, 3.8) is 0 Å². The van der Waals surface area contributed by atoms with Crippen molar-refractivity contribution in [3.05, 3.63) is 24.0 Å². The van der Waals surface area contributed by atoms with E-state index in [0.29, 0.717) is 19.3 Å². The minimum atomic E-state index is -2.53. The van der Waals surface area contributed by atoms with Gasteiger partial charge in [0.1, 0.15) is 5.69 Å². The summed E-state index contributed by atoms with van der Waals surface area (Å²) in [6.07, 6.45) is 0.403. The molecular formula is C13H16F2N2O3. The highest BCUT2D eigenvalue weighted by Crippen LogP contribution is 2.25. The van der Waals surface area contributed by atoms with Crippen LogP contribution in [-0.2, 0) is 11.3 Å². The molecule has 7 heteroatoms. The first-order valence-corrected chi connectivity index (χ1v) is 6.44. The number of hydrogen-bond donors (Lipinski definition) is 2. The SMILES string of the molecule is O=C(NC1CCC(C(=O)O)C1)c1cccn1CC(F)F. The highest BCUT2D eigenvalue weighted by atomic mass is 19.3. The van der Waals surface area contributed by atoms with Crippen molar-refractivity contribution in [1.82, 2.24) is 9.88 Å². The number of carbonyl (C=O) groups is 2. The number of nitrogens with one attached hydrogen (secondary N) is 1. The average molecular weight is 286 g/mol. The predicted octanol–water partition coefficient (Wildman–Crippen LogP) is 1.74. The van der Waals surface area contributed by atoms with Crippen molar-refractivity contribution < 1.29 is 23.5 Å². The fourth-order valence-electron chi connectivity index (χ4n) is 2.52. The van der Waals surface area contributed by atoms with Crippen LogP contribution in [0.2, 0.25) is 0 Å². The molecule has 2 N–H and O–H groups in total. The van der Waals surface area contributed by atoms with Gasteiger partial charge in [0.15, 0.2) is 0 Å². The van der Waals surface area contributed by atoms with Gasteiger partial charge in [-0.05, 0) is 31.4 Å². The molecule has 0 aromatic carbocycles. The lowest BCUT2D eigenvalue weighted by Gasteiger charge is -2.14. The molecule has 1 aliphatic rings. The van der Waals surface area contributed by atoms with E-state index in [2.05, 4.69) is 5.32 Å². The number of carboxylic acid groups (broad SMARTS) is 1. The summed E-state index contributed by atoms with van der Waals surface area (Å²) in [5.41, 5.74) is 0.170. The van der Waals surface area contributed by atoms with Crippen LogP contribution in [0, 0.1) is 5.92 Å². The van der Waals surface area contributed by atoms with Crippen molar-refractivity contribution in [2.24, 2.45) is 5.92 Å². The number of carbonyl (C=O) groups excluding carboxylic acids is 1. The maximum Gasteiger partial charge on any atom is 0.306 e. The molecule has 0 aliphatic heterocycles. The molecular weight excluding hydrogens is 270 g/mol. The Labute approximate surface area is 114 Å². The van der Waals surface area contributed by atoms with E-state index in [1.54, 1.807) is 0 Å². The number of carboxylic acids is 1. The summed E-state index contributed by atoms with van der Waals surface area (Å²) in [5.74, 6) is -1.73. The Balaban J connectivity index is 1.96. The zero-order chi connectivity index (χ0) is 14.7. The van der Waals surface area contributed by atoms with Gasteiger partial charge in [0.25, 0.3) is 12.3 Å². The van der Waals surface area contributed by atoms with Crippen LogP contribution >= 0.6 is 0 Å². The van der Waals surface area contributed by atoms with Crippen LogP contribution in [0.15, 0.2) is 18.3 Å². The van der Waals surface area contributed by atoms with E-state index in [4.69, 9.17) is 5.11 Å². The Bertz CT molecular complexity index is 502. The molecule has 2 atom stereocenters. The molecule has 1 aromatic rings. The monoisotopic (exact) mass is 286 g/mol. The van der Waals surface area contributed by atoms with E-state index >= 15 is 0 Å². The van der Waals surface area contributed by atoms with Crippen molar-refractivity contribution in [3.8, 4) is 0 Å². The first kappa shape index (κ1) is 14.5. The van der Waals surface area contributed by atoms with Crippen LogP contribution in [0.4, 0.5) is 8.78 Å². The number of alkyl halides is 2. The molecule has 2 rings (SSSR count). The largest absolute Gasteiger partial charge is 0.481 e. The van der Waals surface area contributed by atoms with Gasteiger partial charge >= 0.3 is 5.97 Å². The highest BCUT2D eigenvalue weighted by Gasteiger charge is 2.31. The van der Waals surface area contributed by atoms with E-state index in [-0.39, 0.29) is 11.7 Å². The van der Waals surface area contributed by atoms with E-state index < -0.39 is 30.8 Å². The molecule has 1 heterocycles. The first-order chi connectivity index (χ1) is 9.47. The summed E-state index contributed by atoms with van der Waals surface area (Å²) in [7, 11) is 0.